The summed E-state index contributed by atoms with van der Waals surface area (Å²) in [5.74, 6) is 1.21. The average molecular weight is 245 g/mol. The first-order valence-electron chi connectivity index (χ1n) is 2.54. The van der Waals surface area contributed by atoms with Crippen LogP contribution < -0.4 is 0 Å². The van der Waals surface area contributed by atoms with E-state index in [1.807, 2.05) is 6.92 Å². The summed E-state index contributed by atoms with van der Waals surface area (Å²) in [5, 5.41) is 7.09. The van der Waals surface area contributed by atoms with Crippen LogP contribution in [-0.4, -0.2) is 17.7 Å². The highest BCUT2D eigenvalue weighted by molar-refractivity contribution is 14.2. The van der Waals surface area contributed by atoms with Crippen LogP contribution in [0.3, 0.4) is 0 Å². The van der Waals surface area contributed by atoms with E-state index < -0.39 is 0 Å². The van der Waals surface area contributed by atoms with Crippen LogP contribution in [0.2, 0.25) is 0 Å². The van der Waals surface area contributed by atoms with Crippen molar-refractivity contribution in [3.63, 3.8) is 0 Å². The van der Waals surface area contributed by atoms with Crippen molar-refractivity contribution in [1.29, 1.82) is 5.41 Å². The second-order valence-corrected chi connectivity index (χ2v) is 8.46. The molecule has 0 bridgehead atoms. The molecule has 0 spiro atoms. The summed E-state index contributed by atoms with van der Waals surface area (Å²) in [7, 11) is 0.196. The number of hydrogen-bond donors (Lipinski definition) is 2. The molecule has 0 aromatic rings. The van der Waals surface area contributed by atoms with E-state index in [1.54, 1.807) is 0 Å². The first kappa shape index (κ1) is 8.75. The molecule has 0 fully saturated rings. The van der Waals surface area contributed by atoms with E-state index in [4.69, 9.17) is 5.41 Å². The third-order valence-electron chi connectivity index (χ3n) is 0.795. The second-order valence-electron chi connectivity index (χ2n) is 1.86. The summed E-state index contributed by atoms with van der Waals surface area (Å²) in [4.78, 5) is 0. The lowest BCUT2D eigenvalue weighted by Crippen LogP contribution is -1.91. The Morgan fingerprint density at radius 1 is 1.75 bits per heavy atom. The predicted octanol–water partition coefficient (Wildman–Crippen LogP) is 2.40. The maximum atomic E-state index is 7.09. The largest absolute Gasteiger partial charge is 0.310 e. The molecule has 1 nitrogen and oxygen atoms in total. The van der Waals surface area contributed by atoms with E-state index in [9.17, 15) is 0 Å². The fraction of sp³-hybridized carbons (Fsp3) is 0.800. The van der Waals surface area contributed by atoms with Crippen molar-refractivity contribution < 1.29 is 0 Å². The summed E-state index contributed by atoms with van der Waals surface area (Å²) in [6, 6.07) is 0. The highest BCUT2D eigenvalue weighted by atomic mass is 127. The molecule has 0 aliphatic carbocycles. The number of hydrogen-bond acceptors (Lipinski definition) is 1. The van der Waals surface area contributed by atoms with E-state index in [1.165, 1.54) is 5.75 Å². The molecule has 1 unspecified atom stereocenters. The molecule has 0 aromatic heterocycles. The molecule has 3 heteroatoms. The van der Waals surface area contributed by atoms with Gasteiger partial charge in [0.15, 0.2) is 0 Å². The molecule has 0 radical (unpaired) electrons. The van der Waals surface area contributed by atoms with Gasteiger partial charge >= 0.3 is 0 Å². The van der Waals surface area contributed by atoms with Gasteiger partial charge in [-0.3, -0.25) is 0 Å². The van der Waals surface area contributed by atoms with Crippen LogP contribution in [0, 0.1) is 5.41 Å². The summed E-state index contributed by atoms with van der Waals surface area (Å²) < 4.78 is 0. The third kappa shape index (κ3) is 6.75. The first-order chi connectivity index (χ1) is 3.63. The molecule has 0 aliphatic rings. The van der Waals surface area contributed by atoms with Gasteiger partial charge in [0.2, 0.25) is 0 Å². The molecule has 0 rings (SSSR count). The van der Waals surface area contributed by atoms with Gasteiger partial charge in [-0.15, -0.1) is 0 Å². The van der Waals surface area contributed by atoms with Gasteiger partial charge in [0.25, 0.3) is 0 Å². The number of nitrogens with one attached hydrogen (secondary N) is 1. The smallest absolute Gasteiger partial charge is 0.00660 e. The molecule has 50 valence electrons. The van der Waals surface area contributed by atoms with Crippen molar-refractivity contribution in [2.45, 2.75) is 13.3 Å². The van der Waals surface area contributed by atoms with Crippen LogP contribution in [0.15, 0.2) is 0 Å². The highest BCUT2D eigenvalue weighted by Gasteiger charge is 1.90. The van der Waals surface area contributed by atoms with Crippen LogP contribution in [0.25, 0.3) is 0 Å². The molecule has 0 aliphatic heterocycles. The third-order valence-corrected chi connectivity index (χ3v) is 3.08. The van der Waals surface area contributed by atoms with Crippen LogP contribution >= 0.6 is 29.3 Å². The van der Waals surface area contributed by atoms with E-state index in [0.29, 0.717) is 0 Å². The van der Waals surface area contributed by atoms with Gasteiger partial charge in [-0.05, 0) is 46.6 Å². The first-order valence-corrected chi connectivity index (χ1v) is 7.30. The van der Waals surface area contributed by atoms with Crippen molar-refractivity contribution >= 4 is 35.0 Å². The Morgan fingerprint density at radius 2 is 2.25 bits per heavy atom. The van der Waals surface area contributed by atoms with E-state index in [0.717, 1.165) is 12.1 Å². The average Bonchev–Trinajstić information content (AvgIpc) is 1.61. The molecule has 1 N–H and O–H groups in total. The fourth-order valence-corrected chi connectivity index (χ4v) is 1.69. The van der Waals surface area contributed by atoms with E-state index in [-0.39, 0.29) is 8.07 Å². The minimum Gasteiger partial charge on any atom is -0.310 e. The van der Waals surface area contributed by atoms with Crippen molar-refractivity contribution in [3.8, 4) is 0 Å². The minimum absolute atomic E-state index is 0.196. The Kier molecular flexibility index (Phi) is 5.04. The molecular formula is C5H12INS. The molecule has 8 heavy (non-hydrogen) atoms. The SMILES string of the molecule is CC(=N)CC[SH](C)I. The molecule has 0 aromatic carbocycles. The quantitative estimate of drug-likeness (QED) is 0.433. The Labute approximate surface area is 65.7 Å². The molecular weight excluding hydrogens is 233 g/mol. The van der Waals surface area contributed by atoms with Crippen molar-refractivity contribution in [1.82, 2.24) is 0 Å². The van der Waals surface area contributed by atoms with Crippen LogP contribution in [-0.2, 0) is 0 Å². The van der Waals surface area contributed by atoms with Crippen LogP contribution in [0.1, 0.15) is 13.3 Å². The molecule has 0 saturated heterocycles. The van der Waals surface area contributed by atoms with Gasteiger partial charge in [0.05, 0.1) is 0 Å². The molecule has 0 saturated carbocycles. The molecule has 1 atom stereocenters. The summed E-state index contributed by atoms with van der Waals surface area (Å²) in [6.45, 7) is 1.87. The normalized spacial score (nSPS) is 15.6. The van der Waals surface area contributed by atoms with E-state index >= 15 is 0 Å². The molecule has 0 amide bonds. The van der Waals surface area contributed by atoms with Gasteiger partial charge in [0, 0.05) is 5.71 Å². The lowest BCUT2D eigenvalue weighted by molar-refractivity contribution is 1.25. The zero-order chi connectivity index (χ0) is 6.57. The van der Waals surface area contributed by atoms with Gasteiger partial charge in [-0.2, -0.15) is 0 Å². The maximum absolute atomic E-state index is 7.09. The Balaban J connectivity index is 3.05. The zero-order valence-corrected chi connectivity index (χ0v) is 8.29. The fourth-order valence-electron chi connectivity index (χ4n) is 0.322. The summed E-state index contributed by atoms with van der Waals surface area (Å²) >= 11 is 2.44. The lowest BCUT2D eigenvalue weighted by Gasteiger charge is -2.03. The maximum Gasteiger partial charge on any atom is 0.00660 e. The van der Waals surface area contributed by atoms with Gasteiger partial charge in [-0.1, -0.05) is 0 Å². The minimum atomic E-state index is 0.196. The molecule has 0 heterocycles. The summed E-state index contributed by atoms with van der Waals surface area (Å²) in [6.07, 6.45) is 3.23. The van der Waals surface area contributed by atoms with Gasteiger partial charge in [-0.25, -0.2) is 8.07 Å². The second kappa shape index (κ2) is 4.61. The van der Waals surface area contributed by atoms with Crippen molar-refractivity contribution in [2.75, 3.05) is 12.0 Å². The zero-order valence-electron chi connectivity index (χ0n) is 5.24. The topological polar surface area (TPSA) is 23.9 Å². The predicted molar refractivity (Wildman–Crippen MR) is 51.8 cm³/mol. The number of rotatable bonds is 3. The van der Waals surface area contributed by atoms with Gasteiger partial charge in [0.1, 0.15) is 0 Å². The van der Waals surface area contributed by atoms with Gasteiger partial charge < -0.3 is 5.41 Å². The Morgan fingerprint density at radius 3 is 2.38 bits per heavy atom. The van der Waals surface area contributed by atoms with E-state index in [2.05, 4.69) is 27.5 Å². The monoisotopic (exact) mass is 245 g/mol. The Hall–Kier alpha value is 0.750. The highest BCUT2D eigenvalue weighted by Crippen LogP contribution is 2.29. The Bertz CT molecular complexity index is 82.5. The lowest BCUT2D eigenvalue weighted by atomic mass is 10.3. The number of halogens is 1. The standard InChI is InChI=1S/C5H12INS/c1-5(7)3-4-8(2)6/h7-8H,3-4H2,1-2H3. The number of thiol groups is 1. The van der Waals surface area contributed by atoms with Crippen LogP contribution in [0.5, 0.6) is 0 Å². The van der Waals surface area contributed by atoms with Crippen molar-refractivity contribution in [3.05, 3.63) is 0 Å². The van der Waals surface area contributed by atoms with Crippen LogP contribution in [0.4, 0.5) is 0 Å². The summed E-state index contributed by atoms with van der Waals surface area (Å²) in [5.41, 5.74) is 0.816. The van der Waals surface area contributed by atoms with Crippen molar-refractivity contribution in [2.24, 2.45) is 0 Å².